The average molecular weight is 400 g/mol. The van der Waals surface area contributed by atoms with Crippen LogP contribution in [0.1, 0.15) is 41.6 Å². The van der Waals surface area contributed by atoms with Gasteiger partial charge >= 0.3 is 0 Å². The van der Waals surface area contributed by atoms with Gasteiger partial charge in [0.25, 0.3) is 5.91 Å². The molecule has 27 heavy (non-hydrogen) atoms. The molecular formula is C21H22ClN3OS. The zero-order chi connectivity index (χ0) is 19.4. The summed E-state index contributed by atoms with van der Waals surface area (Å²) in [6, 6.07) is 15.4. The number of nitrogens with zero attached hydrogens (tertiary/aromatic N) is 1. The first-order valence-corrected chi connectivity index (χ1v) is 9.87. The Morgan fingerprint density at radius 3 is 2.44 bits per heavy atom. The van der Waals surface area contributed by atoms with Crippen molar-refractivity contribution in [1.29, 1.82) is 0 Å². The van der Waals surface area contributed by atoms with Crippen molar-refractivity contribution >= 4 is 40.2 Å². The van der Waals surface area contributed by atoms with Crippen molar-refractivity contribution in [2.24, 2.45) is 0 Å². The lowest BCUT2D eigenvalue weighted by Crippen LogP contribution is -2.14. The van der Waals surface area contributed by atoms with E-state index in [9.17, 15) is 4.79 Å². The molecule has 4 nitrogen and oxygen atoms in total. The van der Waals surface area contributed by atoms with Gasteiger partial charge in [-0.1, -0.05) is 50.6 Å². The Hall–Kier alpha value is -2.37. The van der Waals surface area contributed by atoms with Crippen LogP contribution in [0, 0.1) is 0 Å². The maximum atomic E-state index is 12.5. The van der Waals surface area contributed by atoms with Gasteiger partial charge in [0.15, 0.2) is 4.47 Å². The third-order valence-corrected chi connectivity index (χ3v) is 5.24. The predicted octanol–water partition coefficient (Wildman–Crippen LogP) is 5.96. The first-order chi connectivity index (χ1) is 12.8. The van der Waals surface area contributed by atoms with Gasteiger partial charge in [0.1, 0.15) is 0 Å². The number of thiazole rings is 1. The van der Waals surface area contributed by atoms with E-state index in [2.05, 4.69) is 36.4 Å². The van der Waals surface area contributed by atoms with Gasteiger partial charge in [0.2, 0.25) is 0 Å². The number of nitrogens with one attached hydrogen (secondary N) is 2. The molecule has 3 rings (SSSR count). The fraction of sp³-hybridized carbons (Fsp3) is 0.238. The van der Waals surface area contributed by atoms with Crippen LogP contribution in [0.25, 0.3) is 0 Å². The van der Waals surface area contributed by atoms with Crippen LogP contribution in [0.5, 0.6) is 0 Å². The summed E-state index contributed by atoms with van der Waals surface area (Å²) in [5, 5.41) is 6.26. The molecule has 0 aliphatic heterocycles. The van der Waals surface area contributed by atoms with Crippen molar-refractivity contribution in [3.05, 3.63) is 75.2 Å². The van der Waals surface area contributed by atoms with E-state index in [0.717, 1.165) is 16.3 Å². The quantitative estimate of drug-likeness (QED) is 0.556. The summed E-state index contributed by atoms with van der Waals surface area (Å²) in [4.78, 5) is 17.6. The molecule has 0 fully saturated rings. The smallest absolute Gasteiger partial charge is 0.255 e. The predicted molar refractivity (Wildman–Crippen MR) is 114 cm³/mol. The van der Waals surface area contributed by atoms with E-state index in [0.29, 0.717) is 16.6 Å². The number of anilines is 2. The van der Waals surface area contributed by atoms with Crippen molar-refractivity contribution in [1.82, 2.24) is 4.98 Å². The first kappa shape index (κ1) is 19.4. The molecule has 6 heteroatoms. The lowest BCUT2D eigenvalue weighted by molar-refractivity contribution is 0.102. The van der Waals surface area contributed by atoms with Crippen molar-refractivity contribution in [3.63, 3.8) is 0 Å². The minimum atomic E-state index is -0.123. The average Bonchev–Trinajstić information content (AvgIpc) is 3.05. The van der Waals surface area contributed by atoms with E-state index >= 15 is 0 Å². The zero-order valence-corrected chi connectivity index (χ0v) is 17.1. The Morgan fingerprint density at radius 1 is 1.11 bits per heavy atom. The Balaban J connectivity index is 1.64. The van der Waals surface area contributed by atoms with Gasteiger partial charge in [-0.15, -0.1) is 11.3 Å². The van der Waals surface area contributed by atoms with Gasteiger partial charge in [0, 0.05) is 28.0 Å². The van der Waals surface area contributed by atoms with E-state index in [1.165, 1.54) is 16.9 Å². The molecule has 0 aliphatic carbocycles. The number of rotatable bonds is 5. The Bertz CT molecular complexity index is 929. The second kappa shape index (κ2) is 8.11. The second-order valence-electron chi connectivity index (χ2n) is 7.30. The van der Waals surface area contributed by atoms with E-state index in [1.807, 2.05) is 48.5 Å². The van der Waals surface area contributed by atoms with Crippen molar-refractivity contribution in [3.8, 4) is 0 Å². The van der Waals surface area contributed by atoms with Crippen molar-refractivity contribution in [2.45, 2.75) is 32.7 Å². The lowest BCUT2D eigenvalue weighted by Gasteiger charge is -2.19. The fourth-order valence-electron chi connectivity index (χ4n) is 2.59. The highest BCUT2D eigenvalue weighted by Gasteiger charge is 2.14. The summed E-state index contributed by atoms with van der Waals surface area (Å²) in [5.74, 6) is -0.123. The molecule has 0 saturated carbocycles. The van der Waals surface area contributed by atoms with Crippen molar-refractivity contribution < 1.29 is 4.79 Å². The van der Waals surface area contributed by atoms with Gasteiger partial charge < -0.3 is 10.6 Å². The molecule has 0 atom stereocenters. The van der Waals surface area contributed by atoms with Crippen LogP contribution in [0.15, 0.2) is 54.7 Å². The molecule has 140 valence electrons. The SMILES string of the molecule is CC(C)(C)c1ccc(C(=O)Nc2cccc(NCc3cnc(Cl)s3)c2)cc1. The maximum Gasteiger partial charge on any atom is 0.255 e. The monoisotopic (exact) mass is 399 g/mol. The Kier molecular flexibility index (Phi) is 5.82. The summed E-state index contributed by atoms with van der Waals surface area (Å²) in [5.41, 5.74) is 3.57. The number of carbonyl (C=O) groups is 1. The molecule has 0 saturated heterocycles. The Labute approximate surface area is 168 Å². The highest BCUT2D eigenvalue weighted by molar-refractivity contribution is 7.15. The summed E-state index contributed by atoms with van der Waals surface area (Å²) in [6.07, 6.45) is 1.76. The standard InChI is InChI=1S/C21H22ClN3OS/c1-21(2,3)15-9-7-14(8-10-15)19(26)25-17-6-4-5-16(11-17)23-12-18-13-24-20(22)27-18/h4-11,13,23H,12H2,1-3H3,(H,25,26). The molecule has 2 N–H and O–H groups in total. The highest BCUT2D eigenvalue weighted by Crippen LogP contribution is 2.23. The minimum Gasteiger partial charge on any atom is -0.380 e. The van der Waals surface area contributed by atoms with Gasteiger partial charge in [-0.2, -0.15) is 0 Å². The molecular weight excluding hydrogens is 378 g/mol. The van der Waals surface area contributed by atoms with Gasteiger partial charge in [0.05, 0.1) is 6.54 Å². The van der Waals surface area contributed by atoms with E-state index in [-0.39, 0.29) is 11.3 Å². The second-order valence-corrected chi connectivity index (χ2v) is 8.99. The third-order valence-electron chi connectivity index (χ3n) is 4.13. The van der Waals surface area contributed by atoms with E-state index < -0.39 is 0 Å². The summed E-state index contributed by atoms with van der Waals surface area (Å²) in [6.45, 7) is 7.10. The number of hydrogen-bond acceptors (Lipinski definition) is 4. The first-order valence-electron chi connectivity index (χ1n) is 8.67. The van der Waals surface area contributed by atoms with E-state index in [1.54, 1.807) is 6.20 Å². The highest BCUT2D eigenvalue weighted by atomic mass is 35.5. The normalized spacial score (nSPS) is 11.3. The number of halogens is 1. The van der Waals surface area contributed by atoms with Gasteiger partial charge in [-0.3, -0.25) is 4.79 Å². The minimum absolute atomic E-state index is 0.0668. The summed E-state index contributed by atoms with van der Waals surface area (Å²) in [7, 11) is 0. The molecule has 0 spiro atoms. The molecule has 0 aliphatic rings. The molecule has 0 unspecified atom stereocenters. The number of aromatic nitrogens is 1. The number of carbonyl (C=O) groups excluding carboxylic acids is 1. The lowest BCUT2D eigenvalue weighted by atomic mass is 9.87. The molecule has 3 aromatic rings. The van der Waals surface area contributed by atoms with Gasteiger partial charge in [-0.05, 0) is 41.3 Å². The topological polar surface area (TPSA) is 54.0 Å². The number of hydrogen-bond donors (Lipinski definition) is 2. The molecule has 1 aromatic heterocycles. The largest absolute Gasteiger partial charge is 0.380 e. The third kappa shape index (κ3) is 5.31. The van der Waals surface area contributed by atoms with Gasteiger partial charge in [-0.25, -0.2) is 4.98 Å². The molecule has 0 bridgehead atoms. The van der Waals surface area contributed by atoms with Crippen LogP contribution >= 0.6 is 22.9 Å². The van der Waals surface area contributed by atoms with Crippen LogP contribution in [-0.4, -0.2) is 10.9 Å². The van der Waals surface area contributed by atoms with Crippen LogP contribution in [0.4, 0.5) is 11.4 Å². The molecule has 1 heterocycles. The maximum absolute atomic E-state index is 12.5. The molecule has 2 aromatic carbocycles. The van der Waals surface area contributed by atoms with Crippen molar-refractivity contribution in [2.75, 3.05) is 10.6 Å². The molecule has 0 radical (unpaired) electrons. The van der Waals surface area contributed by atoms with Crippen LogP contribution in [0.3, 0.4) is 0 Å². The van der Waals surface area contributed by atoms with Crippen LogP contribution in [0.2, 0.25) is 4.47 Å². The van der Waals surface area contributed by atoms with E-state index in [4.69, 9.17) is 11.6 Å². The Morgan fingerprint density at radius 2 is 1.81 bits per heavy atom. The fourth-order valence-corrected chi connectivity index (χ4v) is 3.50. The summed E-state index contributed by atoms with van der Waals surface area (Å²) < 4.78 is 0.533. The zero-order valence-electron chi connectivity index (χ0n) is 15.5. The molecule has 1 amide bonds. The number of amides is 1. The van der Waals surface area contributed by atoms with Crippen LogP contribution < -0.4 is 10.6 Å². The number of benzene rings is 2. The van der Waals surface area contributed by atoms with Crippen LogP contribution in [-0.2, 0) is 12.0 Å². The summed E-state index contributed by atoms with van der Waals surface area (Å²) >= 11 is 7.29.